The maximum absolute atomic E-state index is 11.9. The van der Waals surface area contributed by atoms with Gasteiger partial charge in [-0.2, -0.15) is 0 Å². The second-order valence-electron chi connectivity index (χ2n) is 2.99. The highest BCUT2D eigenvalue weighted by atomic mass is 19.4. The van der Waals surface area contributed by atoms with Gasteiger partial charge in [-0.25, -0.2) is 9.78 Å². The summed E-state index contributed by atoms with van der Waals surface area (Å²) in [7, 11) is 0. The van der Waals surface area contributed by atoms with Crippen LogP contribution in [0.5, 0.6) is 5.75 Å². The van der Waals surface area contributed by atoms with Gasteiger partial charge in [0.25, 0.3) is 0 Å². The number of rotatable bonds is 1. The van der Waals surface area contributed by atoms with Crippen molar-refractivity contribution in [3.8, 4) is 5.75 Å². The average molecular weight is 230 g/mol. The minimum atomic E-state index is -4.75. The number of aromatic nitrogens is 2. The first-order valence-corrected chi connectivity index (χ1v) is 4.19. The predicted molar refractivity (Wildman–Crippen MR) is 49.0 cm³/mol. The Hall–Kier alpha value is -2.05. The first-order chi connectivity index (χ1) is 7.44. The fraction of sp³-hybridized carbons (Fsp3) is 0.111. The molecule has 0 aliphatic rings. The van der Waals surface area contributed by atoms with Gasteiger partial charge in [0.15, 0.2) is 0 Å². The van der Waals surface area contributed by atoms with E-state index in [-0.39, 0.29) is 11.3 Å². The first-order valence-electron chi connectivity index (χ1n) is 4.19. The molecule has 0 saturated heterocycles. The Morgan fingerprint density at radius 3 is 2.75 bits per heavy atom. The van der Waals surface area contributed by atoms with Crippen molar-refractivity contribution < 1.29 is 17.9 Å². The van der Waals surface area contributed by atoms with Crippen LogP contribution in [0.2, 0.25) is 0 Å². The van der Waals surface area contributed by atoms with Crippen molar-refractivity contribution in [2.45, 2.75) is 6.36 Å². The molecular weight excluding hydrogens is 225 g/mol. The third-order valence-corrected chi connectivity index (χ3v) is 1.82. The molecule has 0 fully saturated rings. The van der Waals surface area contributed by atoms with Crippen molar-refractivity contribution in [3.05, 3.63) is 34.9 Å². The monoisotopic (exact) mass is 230 g/mol. The highest BCUT2D eigenvalue weighted by molar-refractivity contribution is 5.78. The summed E-state index contributed by atoms with van der Waals surface area (Å²) in [6, 6.07) is 3.61. The molecule has 4 nitrogen and oxygen atoms in total. The molecule has 0 amide bonds. The molecule has 16 heavy (non-hydrogen) atoms. The maximum Gasteiger partial charge on any atom is 0.573 e. The first kappa shape index (κ1) is 10.5. The molecule has 1 aromatic heterocycles. The minimum Gasteiger partial charge on any atom is -0.406 e. The zero-order valence-electron chi connectivity index (χ0n) is 7.71. The number of hydrogen-bond acceptors (Lipinski definition) is 3. The van der Waals surface area contributed by atoms with Crippen LogP contribution < -0.4 is 10.4 Å². The Morgan fingerprint density at radius 2 is 2.06 bits per heavy atom. The van der Waals surface area contributed by atoms with Gasteiger partial charge in [-0.15, -0.1) is 13.2 Å². The van der Waals surface area contributed by atoms with Gasteiger partial charge >= 0.3 is 12.1 Å². The zero-order valence-corrected chi connectivity index (χ0v) is 7.71. The molecule has 0 aliphatic carbocycles. The molecule has 1 aromatic carbocycles. The van der Waals surface area contributed by atoms with E-state index in [9.17, 15) is 18.0 Å². The number of alkyl halides is 3. The van der Waals surface area contributed by atoms with Gasteiger partial charge < -0.3 is 9.72 Å². The van der Waals surface area contributed by atoms with Gasteiger partial charge in [0.1, 0.15) is 5.75 Å². The van der Waals surface area contributed by atoms with Gasteiger partial charge in [0, 0.05) is 17.6 Å². The van der Waals surface area contributed by atoms with E-state index in [0.29, 0.717) is 5.39 Å². The molecule has 1 N–H and O–H groups in total. The number of nitrogens with one attached hydrogen (secondary N) is 1. The molecule has 0 bridgehead atoms. The van der Waals surface area contributed by atoms with E-state index in [1.807, 2.05) is 0 Å². The van der Waals surface area contributed by atoms with E-state index in [2.05, 4.69) is 14.7 Å². The van der Waals surface area contributed by atoms with Crippen LogP contribution in [0.4, 0.5) is 13.2 Å². The summed E-state index contributed by atoms with van der Waals surface area (Å²) in [5.41, 5.74) is -0.390. The molecule has 7 heteroatoms. The van der Waals surface area contributed by atoms with E-state index >= 15 is 0 Å². The summed E-state index contributed by atoms with van der Waals surface area (Å²) in [5.74, 6) is -0.387. The second-order valence-corrected chi connectivity index (χ2v) is 2.99. The van der Waals surface area contributed by atoms with Crippen molar-refractivity contribution >= 4 is 10.9 Å². The molecule has 0 spiro atoms. The molecule has 0 saturated carbocycles. The molecule has 0 unspecified atom stereocenters. The third-order valence-electron chi connectivity index (χ3n) is 1.82. The molecule has 1 heterocycles. The van der Waals surface area contributed by atoms with Crippen LogP contribution in [0.25, 0.3) is 10.9 Å². The molecule has 2 aromatic rings. The third kappa shape index (κ3) is 2.30. The number of halogens is 3. The summed E-state index contributed by atoms with van der Waals surface area (Å²) in [6.07, 6.45) is -3.48. The number of hydrogen-bond donors (Lipinski definition) is 1. The number of nitrogens with zero attached hydrogens (tertiary/aromatic N) is 1. The zero-order chi connectivity index (χ0) is 11.8. The molecule has 84 valence electrons. The largest absolute Gasteiger partial charge is 0.573 e. The molecule has 0 atom stereocenters. The summed E-state index contributed by atoms with van der Waals surface area (Å²) in [4.78, 5) is 16.6. The predicted octanol–water partition coefficient (Wildman–Crippen LogP) is 1.82. The maximum atomic E-state index is 11.9. The van der Waals surface area contributed by atoms with E-state index in [0.717, 1.165) is 12.1 Å². The van der Waals surface area contributed by atoms with Crippen molar-refractivity contribution in [2.75, 3.05) is 0 Å². The van der Waals surface area contributed by atoms with E-state index in [1.165, 1.54) is 12.3 Å². The lowest BCUT2D eigenvalue weighted by Crippen LogP contribution is -2.17. The van der Waals surface area contributed by atoms with Crippen LogP contribution in [0.1, 0.15) is 0 Å². The number of benzene rings is 1. The standard InChI is InChI=1S/C9H5F3N2O2/c10-9(11,12)16-6-2-1-5-4-13-8(15)14-7(5)3-6/h1-4H,(H,13,14,15). The normalized spacial score (nSPS) is 11.7. The quantitative estimate of drug-likeness (QED) is 0.812. The van der Waals surface area contributed by atoms with Gasteiger partial charge in [0.2, 0.25) is 0 Å². The van der Waals surface area contributed by atoms with Crippen molar-refractivity contribution in [3.63, 3.8) is 0 Å². The van der Waals surface area contributed by atoms with Crippen LogP contribution in [0.3, 0.4) is 0 Å². The number of fused-ring (bicyclic) bond motifs is 1. The second kappa shape index (κ2) is 3.51. The van der Waals surface area contributed by atoms with Crippen LogP contribution in [0.15, 0.2) is 29.2 Å². The van der Waals surface area contributed by atoms with Crippen molar-refractivity contribution in [1.29, 1.82) is 0 Å². The highest BCUT2D eigenvalue weighted by Crippen LogP contribution is 2.24. The van der Waals surface area contributed by atoms with Gasteiger partial charge in [-0.1, -0.05) is 0 Å². The van der Waals surface area contributed by atoms with Gasteiger partial charge in [-0.05, 0) is 12.1 Å². The van der Waals surface area contributed by atoms with Gasteiger partial charge in [0.05, 0.1) is 5.52 Å². The number of aromatic amines is 1. The summed E-state index contributed by atoms with van der Waals surface area (Å²) < 4.78 is 39.4. The summed E-state index contributed by atoms with van der Waals surface area (Å²) in [5, 5.41) is 0.522. The van der Waals surface area contributed by atoms with Crippen molar-refractivity contribution in [2.24, 2.45) is 0 Å². The Morgan fingerprint density at radius 1 is 1.31 bits per heavy atom. The Bertz CT molecular complexity index is 577. The topological polar surface area (TPSA) is 55.0 Å². The SMILES string of the molecule is O=c1ncc2ccc(OC(F)(F)F)cc2[nH]1. The lowest BCUT2D eigenvalue weighted by molar-refractivity contribution is -0.274. The summed E-state index contributed by atoms with van der Waals surface area (Å²) in [6.45, 7) is 0. The van der Waals surface area contributed by atoms with E-state index in [4.69, 9.17) is 0 Å². The van der Waals surface area contributed by atoms with E-state index in [1.54, 1.807) is 0 Å². The van der Waals surface area contributed by atoms with Gasteiger partial charge in [-0.3, -0.25) is 0 Å². The fourth-order valence-corrected chi connectivity index (χ4v) is 1.23. The van der Waals surface area contributed by atoms with Crippen molar-refractivity contribution in [1.82, 2.24) is 9.97 Å². The van der Waals surface area contributed by atoms with Crippen LogP contribution in [-0.2, 0) is 0 Å². The minimum absolute atomic E-state index is 0.238. The molecule has 2 rings (SSSR count). The highest BCUT2D eigenvalue weighted by Gasteiger charge is 2.31. The van der Waals surface area contributed by atoms with Crippen LogP contribution in [-0.4, -0.2) is 16.3 Å². The Balaban J connectivity index is 2.47. The Labute approximate surface area is 86.7 Å². The number of H-pyrrole nitrogens is 1. The smallest absolute Gasteiger partial charge is 0.406 e. The fourth-order valence-electron chi connectivity index (χ4n) is 1.23. The number of ether oxygens (including phenoxy) is 1. The lowest BCUT2D eigenvalue weighted by Gasteiger charge is -2.08. The van der Waals surface area contributed by atoms with E-state index < -0.39 is 12.1 Å². The Kier molecular flexibility index (Phi) is 2.30. The summed E-state index contributed by atoms with van der Waals surface area (Å²) >= 11 is 0. The molecule has 0 radical (unpaired) electrons. The average Bonchev–Trinajstić information content (AvgIpc) is 2.14. The molecule has 0 aliphatic heterocycles. The molecular formula is C9H5F3N2O2. The lowest BCUT2D eigenvalue weighted by atomic mass is 10.2. The van der Waals surface area contributed by atoms with Crippen LogP contribution >= 0.6 is 0 Å². The van der Waals surface area contributed by atoms with Crippen LogP contribution in [0, 0.1) is 0 Å².